The van der Waals surface area contributed by atoms with Gasteiger partial charge in [-0.2, -0.15) is 0 Å². The molecule has 0 aliphatic heterocycles. The highest BCUT2D eigenvalue weighted by atomic mass is 19.2. The Labute approximate surface area is 173 Å². The van der Waals surface area contributed by atoms with Crippen LogP contribution >= 0.6 is 0 Å². The Morgan fingerprint density at radius 3 is 1.17 bits per heavy atom. The van der Waals surface area contributed by atoms with Crippen molar-refractivity contribution in [1.29, 1.82) is 0 Å². The first-order valence-corrected chi connectivity index (χ1v) is 9.77. The Balaban J connectivity index is 0.00000198. The van der Waals surface area contributed by atoms with E-state index in [0.717, 1.165) is 12.1 Å². The van der Waals surface area contributed by atoms with Crippen LogP contribution in [0.25, 0.3) is 0 Å². The van der Waals surface area contributed by atoms with E-state index in [1.54, 1.807) is 0 Å². The van der Waals surface area contributed by atoms with Crippen LogP contribution in [0.2, 0.25) is 0 Å². The lowest BCUT2D eigenvalue weighted by atomic mass is 10.2. The summed E-state index contributed by atoms with van der Waals surface area (Å²) < 4.78 is 89.6. The molecule has 2 nitrogen and oxygen atoms in total. The van der Waals surface area contributed by atoms with Crippen molar-refractivity contribution in [1.82, 2.24) is 0 Å². The van der Waals surface area contributed by atoms with Gasteiger partial charge >= 0.3 is 0 Å². The van der Waals surface area contributed by atoms with Crippen LogP contribution in [0, 0.1) is 48.8 Å². The SMILES string of the molecule is CC.CC.Cc1c(OCCCCOc2cc(F)c(F)c(F)c2C)cc(F)c(F)c1F. The molecule has 0 heterocycles. The average molecular weight is 438 g/mol. The predicted molar refractivity (Wildman–Crippen MR) is 105 cm³/mol. The molecule has 0 saturated heterocycles. The van der Waals surface area contributed by atoms with E-state index in [0.29, 0.717) is 12.8 Å². The fraction of sp³-hybridized carbons (Fsp3) is 0.455. The Morgan fingerprint density at radius 2 is 0.867 bits per heavy atom. The molecule has 2 aromatic rings. The van der Waals surface area contributed by atoms with Crippen LogP contribution in [0.5, 0.6) is 11.5 Å². The molecule has 2 aromatic carbocycles. The van der Waals surface area contributed by atoms with Gasteiger partial charge in [-0.3, -0.25) is 0 Å². The highest BCUT2D eigenvalue weighted by Gasteiger charge is 2.17. The maximum Gasteiger partial charge on any atom is 0.194 e. The van der Waals surface area contributed by atoms with Gasteiger partial charge in [0.1, 0.15) is 11.5 Å². The number of hydrogen-bond acceptors (Lipinski definition) is 2. The monoisotopic (exact) mass is 438 g/mol. The second-order valence-electron chi connectivity index (χ2n) is 5.62. The second-order valence-corrected chi connectivity index (χ2v) is 5.62. The number of benzene rings is 2. The van der Waals surface area contributed by atoms with Crippen molar-refractivity contribution < 1.29 is 35.8 Å². The van der Waals surface area contributed by atoms with Crippen molar-refractivity contribution >= 4 is 0 Å². The van der Waals surface area contributed by atoms with E-state index in [1.807, 2.05) is 27.7 Å². The molecular formula is C22H28F6O2. The van der Waals surface area contributed by atoms with Gasteiger partial charge in [0.05, 0.1) is 13.2 Å². The zero-order valence-electron chi connectivity index (χ0n) is 18.1. The fourth-order valence-electron chi connectivity index (χ4n) is 2.20. The quantitative estimate of drug-likeness (QED) is 0.254. The van der Waals surface area contributed by atoms with E-state index < -0.39 is 34.9 Å². The second kappa shape index (κ2) is 13.8. The predicted octanol–water partition coefficient (Wildman–Crippen LogP) is 7.43. The Morgan fingerprint density at radius 1 is 0.567 bits per heavy atom. The molecule has 0 bridgehead atoms. The van der Waals surface area contributed by atoms with Gasteiger partial charge in [-0.05, 0) is 26.7 Å². The molecule has 0 aromatic heterocycles. The summed E-state index contributed by atoms with van der Waals surface area (Å²) in [6.07, 6.45) is 0.788. The van der Waals surface area contributed by atoms with Crippen molar-refractivity contribution in [3.63, 3.8) is 0 Å². The van der Waals surface area contributed by atoms with Crippen LogP contribution < -0.4 is 9.47 Å². The first-order valence-electron chi connectivity index (χ1n) is 9.77. The average Bonchev–Trinajstić information content (AvgIpc) is 2.77. The Kier molecular flexibility index (Phi) is 12.7. The van der Waals surface area contributed by atoms with Gasteiger partial charge in [0.25, 0.3) is 0 Å². The molecule has 0 aliphatic rings. The van der Waals surface area contributed by atoms with Crippen LogP contribution in [0.15, 0.2) is 12.1 Å². The van der Waals surface area contributed by atoms with Crippen LogP contribution in [0.4, 0.5) is 26.3 Å². The van der Waals surface area contributed by atoms with Crippen molar-refractivity contribution in [2.75, 3.05) is 13.2 Å². The lowest BCUT2D eigenvalue weighted by Crippen LogP contribution is -2.06. The zero-order valence-corrected chi connectivity index (χ0v) is 18.1. The summed E-state index contributed by atoms with van der Waals surface area (Å²) in [4.78, 5) is 0. The summed E-state index contributed by atoms with van der Waals surface area (Å²) in [7, 11) is 0. The third-order valence-electron chi connectivity index (χ3n) is 3.77. The van der Waals surface area contributed by atoms with E-state index in [1.165, 1.54) is 13.8 Å². The smallest absolute Gasteiger partial charge is 0.194 e. The Hall–Kier alpha value is -2.38. The maximum atomic E-state index is 13.4. The molecule has 0 radical (unpaired) electrons. The molecule has 0 atom stereocenters. The maximum absolute atomic E-state index is 13.4. The van der Waals surface area contributed by atoms with Crippen molar-refractivity contribution in [2.24, 2.45) is 0 Å². The largest absolute Gasteiger partial charge is 0.493 e. The highest BCUT2D eigenvalue weighted by molar-refractivity contribution is 5.35. The number of halogens is 6. The lowest BCUT2D eigenvalue weighted by molar-refractivity contribution is 0.260. The van der Waals surface area contributed by atoms with Crippen molar-refractivity contribution in [2.45, 2.75) is 54.4 Å². The summed E-state index contributed by atoms with van der Waals surface area (Å²) in [5.41, 5.74) is -0.291. The van der Waals surface area contributed by atoms with Gasteiger partial charge < -0.3 is 9.47 Å². The molecule has 0 saturated carbocycles. The molecule has 0 aliphatic carbocycles. The first kappa shape index (κ1) is 27.6. The first-order chi connectivity index (χ1) is 14.2. The number of ether oxygens (including phenoxy) is 2. The molecule has 170 valence electrons. The minimum absolute atomic E-state index is 0.0693. The summed E-state index contributed by atoms with van der Waals surface area (Å²) in [6, 6.07) is 1.52. The Bertz CT molecular complexity index is 742. The fourth-order valence-corrected chi connectivity index (χ4v) is 2.20. The van der Waals surface area contributed by atoms with Crippen LogP contribution in [-0.2, 0) is 0 Å². The molecule has 0 spiro atoms. The number of unbranched alkanes of at least 4 members (excludes halogenated alkanes) is 1. The molecule has 0 fully saturated rings. The summed E-state index contributed by atoms with van der Waals surface area (Å²) >= 11 is 0. The molecule has 30 heavy (non-hydrogen) atoms. The molecule has 0 amide bonds. The van der Waals surface area contributed by atoms with Gasteiger partial charge in [-0.1, -0.05) is 27.7 Å². The third kappa shape index (κ3) is 7.15. The van der Waals surface area contributed by atoms with Gasteiger partial charge in [0.15, 0.2) is 34.9 Å². The molecule has 2 rings (SSSR count). The van der Waals surface area contributed by atoms with Gasteiger partial charge in [-0.15, -0.1) is 0 Å². The minimum atomic E-state index is -1.56. The van der Waals surface area contributed by atoms with Crippen LogP contribution in [0.3, 0.4) is 0 Å². The minimum Gasteiger partial charge on any atom is -0.493 e. The van der Waals surface area contributed by atoms with Crippen molar-refractivity contribution in [3.05, 3.63) is 58.2 Å². The molecule has 0 N–H and O–H groups in total. The molecule has 0 unspecified atom stereocenters. The van der Waals surface area contributed by atoms with Gasteiger partial charge in [-0.25, -0.2) is 26.3 Å². The van der Waals surface area contributed by atoms with E-state index in [-0.39, 0.29) is 35.8 Å². The van der Waals surface area contributed by atoms with E-state index in [4.69, 9.17) is 9.47 Å². The van der Waals surface area contributed by atoms with Gasteiger partial charge in [0, 0.05) is 23.3 Å². The number of rotatable bonds is 7. The molecular weight excluding hydrogens is 410 g/mol. The summed E-state index contributed by atoms with van der Waals surface area (Å²) in [6.45, 7) is 10.7. The zero-order chi connectivity index (χ0) is 23.4. The van der Waals surface area contributed by atoms with E-state index in [9.17, 15) is 26.3 Å². The van der Waals surface area contributed by atoms with Gasteiger partial charge in [0.2, 0.25) is 0 Å². The standard InChI is InChI=1S/C18H16F6O2.2C2H6/c1-9-13(7-11(19)17(23)15(9)21)25-5-3-4-6-26-14-8-12(20)18(24)16(22)10(14)2;2*1-2/h7-8H,3-6H2,1-2H3;2*1-2H3. The summed E-state index contributed by atoms with van der Waals surface area (Å²) in [5, 5.41) is 0. The van der Waals surface area contributed by atoms with Crippen LogP contribution in [-0.4, -0.2) is 13.2 Å². The number of hydrogen-bond donors (Lipinski definition) is 0. The lowest BCUT2D eigenvalue weighted by Gasteiger charge is -2.12. The van der Waals surface area contributed by atoms with Crippen LogP contribution in [0.1, 0.15) is 51.7 Å². The van der Waals surface area contributed by atoms with E-state index >= 15 is 0 Å². The topological polar surface area (TPSA) is 18.5 Å². The van der Waals surface area contributed by atoms with E-state index in [2.05, 4.69) is 0 Å². The third-order valence-corrected chi connectivity index (χ3v) is 3.77. The molecule has 8 heteroatoms. The van der Waals surface area contributed by atoms with Crippen molar-refractivity contribution in [3.8, 4) is 11.5 Å². The highest BCUT2D eigenvalue weighted by Crippen LogP contribution is 2.27. The normalized spacial score (nSPS) is 9.87. The summed E-state index contributed by atoms with van der Waals surface area (Å²) in [5.74, 6) is -8.64.